The van der Waals surface area contributed by atoms with Crippen molar-refractivity contribution in [2.45, 2.75) is 22.7 Å². The maximum absolute atomic E-state index is 13.8. The Bertz CT molecular complexity index is 1790. The van der Waals surface area contributed by atoms with Gasteiger partial charge in [-0.1, -0.05) is 46.3 Å². The monoisotopic (exact) mass is 630 g/mol. The largest absolute Gasteiger partial charge is 0.469 e. The molecule has 0 bridgehead atoms. The topological polar surface area (TPSA) is 145 Å². The van der Waals surface area contributed by atoms with E-state index in [4.69, 9.17) is 27.6 Å². The van der Waals surface area contributed by atoms with Gasteiger partial charge in [-0.25, -0.2) is 4.90 Å². The van der Waals surface area contributed by atoms with Crippen molar-refractivity contribution in [3.8, 4) is 0 Å². The van der Waals surface area contributed by atoms with E-state index >= 15 is 0 Å². The summed E-state index contributed by atoms with van der Waals surface area (Å²) in [7, 11) is 0. The summed E-state index contributed by atoms with van der Waals surface area (Å²) in [6.07, 6.45) is 1.44. The second-order valence-electron chi connectivity index (χ2n) is 9.14. The van der Waals surface area contributed by atoms with Gasteiger partial charge in [0.05, 0.1) is 48.7 Å². The zero-order valence-electron chi connectivity index (χ0n) is 20.5. The number of imide groups is 1. The molecule has 4 aromatic rings. The Morgan fingerprint density at radius 1 is 1.05 bits per heavy atom. The zero-order chi connectivity index (χ0) is 29.0. The SMILES string of the molecule is O=C(Cn1c2c(sc1=O)[C@H](c1ccco1)C1C(=O)N(c3ccc([N+](=O)[O-])cc3)C(=O)C1S2)Nc1ccc(Cl)c(Cl)c1. The predicted molar refractivity (Wildman–Crippen MR) is 153 cm³/mol. The normalized spacial score (nSPS) is 19.7. The van der Waals surface area contributed by atoms with Crippen molar-refractivity contribution < 1.29 is 23.7 Å². The number of rotatable bonds is 6. The number of thioether (sulfide) groups is 1. The molecule has 208 valence electrons. The number of nitrogens with one attached hydrogen (secondary N) is 1. The molecule has 11 nitrogen and oxygen atoms in total. The molecule has 1 N–H and O–H groups in total. The molecule has 3 atom stereocenters. The number of aromatic nitrogens is 1. The van der Waals surface area contributed by atoms with Gasteiger partial charge in [0.15, 0.2) is 0 Å². The smallest absolute Gasteiger partial charge is 0.308 e. The lowest BCUT2D eigenvalue weighted by Gasteiger charge is -2.29. The molecular formula is C26H16Cl2N4O7S2. The van der Waals surface area contributed by atoms with Crippen LogP contribution in [0.4, 0.5) is 17.1 Å². The van der Waals surface area contributed by atoms with Gasteiger partial charge in [-0.05, 0) is 42.5 Å². The highest BCUT2D eigenvalue weighted by Crippen LogP contribution is 2.54. The number of nitro benzene ring substituents is 1. The maximum Gasteiger partial charge on any atom is 0.308 e. The molecular weight excluding hydrogens is 615 g/mol. The lowest BCUT2D eigenvalue weighted by Crippen LogP contribution is -2.32. The van der Waals surface area contributed by atoms with Gasteiger partial charge in [-0.2, -0.15) is 0 Å². The number of hydrogen-bond donors (Lipinski definition) is 1. The van der Waals surface area contributed by atoms with E-state index in [2.05, 4.69) is 5.32 Å². The molecule has 2 aromatic heterocycles. The van der Waals surface area contributed by atoms with E-state index < -0.39 is 44.6 Å². The van der Waals surface area contributed by atoms with Crippen LogP contribution in [0.5, 0.6) is 0 Å². The molecule has 2 aliphatic rings. The van der Waals surface area contributed by atoms with Crippen LogP contribution in [0, 0.1) is 16.0 Å². The molecule has 0 spiro atoms. The molecule has 4 heterocycles. The van der Waals surface area contributed by atoms with Crippen LogP contribution < -0.4 is 15.1 Å². The second-order valence-corrected chi connectivity index (χ2v) is 12.1. The van der Waals surface area contributed by atoms with Crippen LogP contribution in [0.3, 0.4) is 0 Å². The molecule has 0 radical (unpaired) electrons. The molecule has 3 amide bonds. The van der Waals surface area contributed by atoms with E-state index in [1.807, 2.05) is 0 Å². The van der Waals surface area contributed by atoms with Crippen molar-refractivity contribution in [2.75, 3.05) is 10.2 Å². The molecule has 6 rings (SSSR count). The van der Waals surface area contributed by atoms with Crippen LogP contribution in [0.25, 0.3) is 0 Å². The quantitative estimate of drug-likeness (QED) is 0.175. The first-order valence-electron chi connectivity index (χ1n) is 11.9. The zero-order valence-corrected chi connectivity index (χ0v) is 23.6. The maximum atomic E-state index is 13.8. The van der Waals surface area contributed by atoms with E-state index in [0.717, 1.165) is 28.0 Å². The molecule has 1 saturated heterocycles. The standard InChI is InChI=1S/C26H16Cl2N4O7S2/c27-15-8-3-12(10-16(15)28)29-18(33)11-30-25-22(41-26(30)36)19(17-2-1-9-39-17)20-21(40-25)24(35)31(23(20)34)13-4-6-14(7-5-13)32(37)38/h1-10,19-21H,11H2,(H,29,33)/t19-,20?,21?/m1/s1. The second kappa shape index (κ2) is 10.5. The third-order valence-electron chi connectivity index (χ3n) is 6.72. The summed E-state index contributed by atoms with van der Waals surface area (Å²) < 4.78 is 6.94. The van der Waals surface area contributed by atoms with Gasteiger partial charge in [-0.15, -0.1) is 0 Å². The number of hydrogen-bond acceptors (Lipinski definition) is 9. The summed E-state index contributed by atoms with van der Waals surface area (Å²) in [5.41, 5.74) is 0.400. The van der Waals surface area contributed by atoms with Gasteiger partial charge in [0, 0.05) is 17.8 Å². The summed E-state index contributed by atoms with van der Waals surface area (Å²) >= 11 is 13.9. The Morgan fingerprint density at radius 2 is 1.80 bits per heavy atom. The Balaban J connectivity index is 1.36. The van der Waals surface area contributed by atoms with Gasteiger partial charge in [0.25, 0.3) is 5.69 Å². The summed E-state index contributed by atoms with van der Waals surface area (Å²) in [6, 6.07) is 13.0. The molecule has 0 saturated carbocycles. The van der Waals surface area contributed by atoms with Crippen LogP contribution in [0.15, 0.2) is 75.1 Å². The van der Waals surface area contributed by atoms with E-state index in [-0.39, 0.29) is 22.9 Å². The van der Waals surface area contributed by atoms with Gasteiger partial charge < -0.3 is 9.73 Å². The molecule has 0 aliphatic carbocycles. The van der Waals surface area contributed by atoms with Gasteiger partial charge >= 0.3 is 4.87 Å². The van der Waals surface area contributed by atoms with Crippen LogP contribution in [-0.2, 0) is 20.9 Å². The minimum Gasteiger partial charge on any atom is -0.469 e. The van der Waals surface area contributed by atoms with Crippen LogP contribution in [0.2, 0.25) is 10.0 Å². The number of thiazole rings is 1. The number of fused-ring (bicyclic) bond motifs is 2. The highest BCUT2D eigenvalue weighted by atomic mass is 35.5. The van der Waals surface area contributed by atoms with Gasteiger partial charge in [-0.3, -0.25) is 33.9 Å². The van der Waals surface area contributed by atoms with Crippen molar-refractivity contribution in [1.29, 1.82) is 0 Å². The first kappa shape index (κ1) is 27.3. The minimum absolute atomic E-state index is 0.182. The van der Waals surface area contributed by atoms with Crippen molar-refractivity contribution in [1.82, 2.24) is 4.57 Å². The Labute approximate surface area is 248 Å². The molecule has 2 aliphatic heterocycles. The number of carbonyl (C=O) groups excluding carboxylic acids is 3. The highest BCUT2D eigenvalue weighted by molar-refractivity contribution is 8.00. The van der Waals surface area contributed by atoms with E-state index in [1.165, 1.54) is 47.2 Å². The molecule has 1 fully saturated rings. The number of anilines is 2. The van der Waals surface area contributed by atoms with Crippen LogP contribution in [0.1, 0.15) is 16.6 Å². The first-order valence-corrected chi connectivity index (χ1v) is 14.4. The number of benzene rings is 2. The number of furan rings is 1. The molecule has 41 heavy (non-hydrogen) atoms. The third kappa shape index (κ3) is 4.74. The van der Waals surface area contributed by atoms with E-state index in [1.54, 1.807) is 18.2 Å². The number of nitro groups is 1. The average Bonchev–Trinajstić information content (AvgIpc) is 3.64. The highest BCUT2D eigenvalue weighted by Gasteiger charge is 2.57. The fourth-order valence-electron chi connectivity index (χ4n) is 4.93. The van der Waals surface area contributed by atoms with Crippen LogP contribution in [-0.4, -0.2) is 32.5 Å². The summed E-state index contributed by atoms with van der Waals surface area (Å²) in [5.74, 6) is -2.84. The molecule has 2 aromatic carbocycles. The fraction of sp³-hybridized carbons (Fsp3) is 0.154. The summed E-state index contributed by atoms with van der Waals surface area (Å²) in [4.78, 5) is 65.1. The predicted octanol–water partition coefficient (Wildman–Crippen LogP) is 5.15. The summed E-state index contributed by atoms with van der Waals surface area (Å²) in [6.45, 7) is -0.353. The number of carbonyl (C=O) groups is 3. The lowest BCUT2D eigenvalue weighted by molar-refractivity contribution is -0.384. The van der Waals surface area contributed by atoms with E-state index in [0.29, 0.717) is 26.4 Å². The number of nitrogens with zero attached hydrogens (tertiary/aromatic N) is 3. The Hall–Kier alpha value is -3.91. The Morgan fingerprint density at radius 3 is 2.46 bits per heavy atom. The summed E-state index contributed by atoms with van der Waals surface area (Å²) in [5, 5.41) is 13.8. The number of non-ortho nitro benzene ring substituents is 1. The van der Waals surface area contributed by atoms with Crippen LogP contribution >= 0.6 is 46.3 Å². The number of amides is 3. The molecule has 2 unspecified atom stereocenters. The minimum atomic E-state index is -0.932. The molecule has 15 heteroatoms. The lowest BCUT2D eigenvalue weighted by atomic mass is 9.87. The fourth-order valence-corrected chi connectivity index (χ4v) is 7.98. The number of halogens is 2. The van der Waals surface area contributed by atoms with Crippen molar-refractivity contribution in [3.63, 3.8) is 0 Å². The first-order chi connectivity index (χ1) is 19.6. The van der Waals surface area contributed by atoms with Gasteiger partial charge in [0.1, 0.15) is 17.6 Å². The van der Waals surface area contributed by atoms with Gasteiger partial charge in [0.2, 0.25) is 17.7 Å². The third-order valence-corrected chi connectivity index (χ3v) is 10.1. The average molecular weight is 631 g/mol. The van der Waals surface area contributed by atoms with Crippen molar-refractivity contribution in [2.24, 2.45) is 5.92 Å². The Kier molecular flexibility index (Phi) is 6.98. The van der Waals surface area contributed by atoms with E-state index in [9.17, 15) is 29.3 Å². The van der Waals surface area contributed by atoms with Crippen molar-refractivity contribution >= 4 is 81.1 Å². The van der Waals surface area contributed by atoms with Crippen molar-refractivity contribution in [3.05, 3.63) is 101 Å².